The lowest BCUT2D eigenvalue weighted by Gasteiger charge is -2.08. The third kappa shape index (κ3) is 4.24. The van der Waals surface area contributed by atoms with Crippen LogP contribution in [0, 0.1) is 18.3 Å². The fourth-order valence-electron chi connectivity index (χ4n) is 2.16. The molecule has 3 aromatic carbocycles. The maximum absolute atomic E-state index is 12.1. The number of hydrogen-bond donors (Lipinski definition) is 0. The molecule has 0 saturated carbocycles. The lowest BCUT2D eigenvalue weighted by Crippen LogP contribution is -2.08. The van der Waals surface area contributed by atoms with Crippen molar-refractivity contribution in [3.05, 3.63) is 89.5 Å². The molecule has 0 N–H and O–H groups in total. The molecule has 0 saturated heterocycles. The average Bonchev–Trinajstić information content (AvgIpc) is 2.64. The molecular weight excluding hydrogens is 314 g/mol. The minimum Gasteiger partial charge on any atom is -0.457 e. The molecule has 0 aliphatic rings. The minimum absolute atomic E-state index is 0.402. The van der Waals surface area contributed by atoms with Crippen LogP contribution in [-0.2, 0) is 0 Å². The van der Waals surface area contributed by atoms with Crippen LogP contribution in [0.15, 0.2) is 72.8 Å². The number of benzene rings is 3. The van der Waals surface area contributed by atoms with E-state index < -0.39 is 5.97 Å². The number of hydrogen-bond acceptors (Lipinski definition) is 4. The first kappa shape index (κ1) is 16.3. The molecule has 0 aliphatic heterocycles. The summed E-state index contributed by atoms with van der Waals surface area (Å²) in [6.07, 6.45) is 0. The number of rotatable bonds is 4. The molecule has 25 heavy (non-hydrogen) atoms. The Bertz CT molecular complexity index is 905. The molecule has 0 fully saturated rings. The van der Waals surface area contributed by atoms with E-state index in [4.69, 9.17) is 14.7 Å². The Balaban J connectivity index is 1.64. The molecule has 4 heteroatoms. The van der Waals surface area contributed by atoms with E-state index in [0.717, 1.165) is 5.56 Å². The van der Waals surface area contributed by atoms with E-state index in [1.165, 1.54) is 0 Å². The lowest BCUT2D eigenvalue weighted by atomic mass is 10.1. The van der Waals surface area contributed by atoms with E-state index in [-0.39, 0.29) is 0 Å². The zero-order chi connectivity index (χ0) is 17.6. The Morgan fingerprint density at radius 3 is 1.88 bits per heavy atom. The highest BCUT2D eigenvalue weighted by atomic mass is 16.5. The molecule has 0 amide bonds. The summed E-state index contributed by atoms with van der Waals surface area (Å²) in [5.41, 5.74) is 2.16. The minimum atomic E-state index is -0.402. The zero-order valence-corrected chi connectivity index (χ0v) is 13.6. The maximum Gasteiger partial charge on any atom is 0.343 e. The molecule has 3 aromatic rings. The van der Waals surface area contributed by atoms with Crippen LogP contribution in [0.4, 0.5) is 0 Å². The van der Waals surface area contributed by atoms with Crippen LogP contribution in [-0.4, -0.2) is 5.97 Å². The first-order chi connectivity index (χ1) is 12.1. The van der Waals surface area contributed by atoms with E-state index >= 15 is 0 Å². The molecule has 122 valence electrons. The van der Waals surface area contributed by atoms with Gasteiger partial charge in [0.05, 0.1) is 17.2 Å². The molecule has 0 unspecified atom stereocenters. The molecule has 0 atom stereocenters. The van der Waals surface area contributed by atoms with E-state index in [2.05, 4.69) is 6.07 Å². The molecular formula is C21H15NO3. The number of carbonyl (C=O) groups is 1. The van der Waals surface area contributed by atoms with Crippen molar-refractivity contribution in [2.75, 3.05) is 0 Å². The SMILES string of the molecule is Cc1ccc(C(=O)Oc2ccc(Oc3ccc(C#N)cc3)cc2)cc1. The first-order valence-electron chi connectivity index (χ1n) is 7.71. The van der Waals surface area contributed by atoms with Crippen LogP contribution in [0.25, 0.3) is 0 Å². The highest BCUT2D eigenvalue weighted by molar-refractivity contribution is 5.91. The van der Waals surface area contributed by atoms with Crippen LogP contribution in [0.5, 0.6) is 17.2 Å². The van der Waals surface area contributed by atoms with Crippen LogP contribution in [0.2, 0.25) is 0 Å². The highest BCUT2D eigenvalue weighted by Crippen LogP contribution is 2.24. The lowest BCUT2D eigenvalue weighted by molar-refractivity contribution is 0.0734. The summed E-state index contributed by atoms with van der Waals surface area (Å²) in [5.74, 6) is 1.28. The number of aryl methyl sites for hydroxylation is 1. The smallest absolute Gasteiger partial charge is 0.343 e. The Hall–Kier alpha value is -3.58. The molecule has 4 nitrogen and oxygen atoms in total. The average molecular weight is 329 g/mol. The fraction of sp³-hybridized carbons (Fsp3) is 0.0476. The van der Waals surface area contributed by atoms with Crippen molar-refractivity contribution >= 4 is 5.97 Å². The predicted molar refractivity (Wildman–Crippen MR) is 93.8 cm³/mol. The predicted octanol–water partition coefficient (Wildman–Crippen LogP) is 4.88. The molecule has 0 bridgehead atoms. The largest absolute Gasteiger partial charge is 0.457 e. The van der Waals surface area contributed by atoms with Gasteiger partial charge in [-0.1, -0.05) is 17.7 Å². The third-order valence-electron chi connectivity index (χ3n) is 3.54. The summed E-state index contributed by atoms with van der Waals surface area (Å²) < 4.78 is 11.0. The normalized spacial score (nSPS) is 9.92. The Morgan fingerprint density at radius 1 is 0.800 bits per heavy atom. The van der Waals surface area contributed by atoms with Gasteiger partial charge in [0, 0.05) is 0 Å². The van der Waals surface area contributed by atoms with Crippen molar-refractivity contribution in [2.45, 2.75) is 6.92 Å². The highest BCUT2D eigenvalue weighted by Gasteiger charge is 2.08. The Morgan fingerprint density at radius 2 is 1.32 bits per heavy atom. The van der Waals surface area contributed by atoms with Gasteiger partial charge in [-0.15, -0.1) is 0 Å². The molecule has 3 rings (SSSR count). The first-order valence-corrected chi connectivity index (χ1v) is 7.71. The number of ether oxygens (including phenoxy) is 2. The van der Waals surface area contributed by atoms with Gasteiger partial charge in [-0.2, -0.15) is 5.26 Å². The van der Waals surface area contributed by atoms with E-state index in [1.54, 1.807) is 60.7 Å². The van der Waals surface area contributed by atoms with Crippen molar-refractivity contribution in [1.29, 1.82) is 5.26 Å². The Kier molecular flexibility index (Phi) is 4.77. The second-order valence-electron chi connectivity index (χ2n) is 5.47. The van der Waals surface area contributed by atoms with Gasteiger partial charge >= 0.3 is 5.97 Å². The second kappa shape index (κ2) is 7.33. The van der Waals surface area contributed by atoms with Gasteiger partial charge in [-0.3, -0.25) is 0 Å². The van der Waals surface area contributed by atoms with Gasteiger partial charge in [-0.05, 0) is 67.6 Å². The summed E-state index contributed by atoms with van der Waals surface area (Å²) in [5, 5.41) is 8.78. The summed E-state index contributed by atoms with van der Waals surface area (Å²) in [7, 11) is 0. The quantitative estimate of drug-likeness (QED) is 0.506. The summed E-state index contributed by atoms with van der Waals surface area (Å²) in [6.45, 7) is 1.96. The Labute approximate surface area is 145 Å². The summed E-state index contributed by atoms with van der Waals surface area (Å²) in [4.78, 5) is 12.1. The number of nitrogens with zero attached hydrogens (tertiary/aromatic N) is 1. The maximum atomic E-state index is 12.1. The van der Waals surface area contributed by atoms with Gasteiger partial charge in [0.2, 0.25) is 0 Å². The van der Waals surface area contributed by atoms with Crippen LogP contribution in [0.1, 0.15) is 21.5 Å². The third-order valence-corrected chi connectivity index (χ3v) is 3.54. The van der Waals surface area contributed by atoms with Crippen LogP contribution >= 0.6 is 0 Å². The summed E-state index contributed by atoms with van der Waals surface area (Å²) >= 11 is 0. The monoisotopic (exact) mass is 329 g/mol. The number of nitriles is 1. The standard InChI is InChI=1S/C21H15NO3/c1-15-2-6-17(7-3-15)21(23)25-20-12-10-19(11-13-20)24-18-8-4-16(14-22)5-9-18/h2-13H,1H3. The van der Waals surface area contributed by atoms with Crippen molar-refractivity contribution < 1.29 is 14.3 Å². The molecule has 0 aromatic heterocycles. The van der Waals surface area contributed by atoms with Crippen molar-refractivity contribution in [3.8, 4) is 23.3 Å². The van der Waals surface area contributed by atoms with Crippen molar-refractivity contribution in [2.24, 2.45) is 0 Å². The molecule has 0 heterocycles. The number of esters is 1. The topological polar surface area (TPSA) is 59.3 Å². The van der Waals surface area contributed by atoms with Crippen LogP contribution < -0.4 is 9.47 Å². The van der Waals surface area contributed by atoms with Crippen molar-refractivity contribution in [1.82, 2.24) is 0 Å². The van der Waals surface area contributed by atoms with Gasteiger partial charge in [-0.25, -0.2) is 4.79 Å². The molecule has 0 radical (unpaired) electrons. The van der Waals surface area contributed by atoms with Gasteiger partial charge in [0.15, 0.2) is 0 Å². The van der Waals surface area contributed by atoms with E-state index in [0.29, 0.717) is 28.4 Å². The van der Waals surface area contributed by atoms with Gasteiger partial charge < -0.3 is 9.47 Å². The van der Waals surface area contributed by atoms with Gasteiger partial charge in [0.1, 0.15) is 17.2 Å². The molecule has 0 spiro atoms. The van der Waals surface area contributed by atoms with Crippen molar-refractivity contribution in [3.63, 3.8) is 0 Å². The van der Waals surface area contributed by atoms with Crippen LogP contribution in [0.3, 0.4) is 0 Å². The summed E-state index contributed by atoms with van der Waals surface area (Å²) in [6, 6.07) is 22.9. The fourth-order valence-corrected chi connectivity index (χ4v) is 2.16. The molecule has 0 aliphatic carbocycles. The number of carbonyl (C=O) groups excluding carboxylic acids is 1. The second-order valence-corrected chi connectivity index (χ2v) is 5.47. The van der Waals surface area contributed by atoms with E-state index in [1.807, 2.05) is 19.1 Å². The van der Waals surface area contributed by atoms with E-state index in [9.17, 15) is 4.79 Å². The zero-order valence-electron chi connectivity index (χ0n) is 13.6. The van der Waals surface area contributed by atoms with Gasteiger partial charge in [0.25, 0.3) is 0 Å².